The zero-order chi connectivity index (χ0) is 47.1. The highest BCUT2D eigenvalue weighted by atomic mass is 14.9. The maximum atomic E-state index is 7.23. The van der Waals surface area contributed by atoms with E-state index in [1.165, 1.54) is 22.3 Å². The van der Waals surface area contributed by atoms with Crippen molar-refractivity contribution in [2.45, 2.75) is 105 Å². The highest BCUT2D eigenvalue weighted by molar-refractivity contribution is 6.04. The summed E-state index contributed by atoms with van der Waals surface area (Å²) in [4.78, 5) is 18.8. The van der Waals surface area contributed by atoms with E-state index < -0.39 is 0 Å². The highest BCUT2D eigenvalue weighted by Gasteiger charge is 2.27. The second kappa shape index (κ2) is 15.9. The summed E-state index contributed by atoms with van der Waals surface area (Å²) >= 11 is 0. The van der Waals surface area contributed by atoms with Crippen LogP contribution in [0.15, 0.2) is 121 Å². The Hall–Kier alpha value is -6.92. The van der Waals surface area contributed by atoms with Crippen molar-refractivity contribution in [1.29, 1.82) is 0 Å². The van der Waals surface area contributed by atoms with Crippen molar-refractivity contribution >= 4 is 45.6 Å². The molecule has 4 aromatic carbocycles. The second-order valence-corrected chi connectivity index (χ2v) is 22.2. The number of fused-ring (bicyclic) bond motifs is 8. The van der Waals surface area contributed by atoms with Gasteiger partial charge in [-0.1, -0.05) is 180 Å². The molecule has 2 aliphatic rings. The first kappa shape index (κ1) is 44.3. The normalized spacial score (nSPS) is 13.5. The fourth-order valence-electron chi connectivity index (χ4n) is 9.15. The molecule has 66 heavy (non-hydrogen) atoms. The van der Waals surface area contributed by atoms with Crippen molar-refractivity contribution in [3.8, 4) is 44.5 Å². The van der Waals surface area contributed by atoms with Crippen molar-refractivity contribution in [3.05, 3.63) is 166 Å². The van der Waals surface area contributed by atoms with Gasteiger partial charge in [-0.05, 0) is 103 Å². The maximum Gasteiger partial charge on any atom is 0.0988 e. The van der Waals surface area contributed by atoms with Crippen LogP contribution in [0, 0.1) is 0 Å². The molecule has 0 fully saturated rings. The summed E-state index contributed by atoms with van der Waals surface area (Å²) in [5, 5.41) is 0. The summed E-state index contributed by atoms with van der Waals surface area (Å²) in [6, 6.07) is 44.0. The van der Waals surface area contributed by atoms with Gasteiger partial charge in [0.05, 0.1) is 34.2 Å². The van der Waals surface area contributed by atoms with Crippen molar-refractivity contribution < 1.29 is 0 Å². The van der Waals surface area contributed by atoms with Crippen LogP contribution in [0.2, 0.25) is 0 Å². The summed E-state index contributed by atoms with van der Waals surface area (Å²) in [6.45, 7) is 26.9. The van der Waals surface area contributed by atoms with Gasteiger partial charge in [0.1, 0.15) is 0 Å². The Labute approximate surface area is 391 Å². The van der Waals surface area contributed by atoms with E-state index in [-0.39, 0.29) is 21.7 Å². The van der Waals surface area contributed by atoms with Crippen LogP contribution in [0.1, 0.15) is 128 Å². The van der Waals surface area contributed by atoms with Gasteiger partial charge in [-0.2, -0.15) is 0 Å². The molecule has 0 aliphatic carbocycles. The number of nitrogens with one attached hydrogen (secondary N) is 2. The first-order valence-electron chi connectivity index (χ1n) is 23.2. The van der Waals surface area contributed by atoms with Gasteiger partial charge in [-0.15, -0.1) is 0 Å². The van der Waals surface area contributed by atoms with Crippen LogP contribution in [0.4, 0.5) is 0 Å². The Kier molecular flexibility index (Phi) is 10.7. The third-order valence-corrected chi connectivity index (χ3v) is 13.3. The lowest BCUT2D eigenvalue weighted by atomic mass is 9.86. The van der Waals surface area contributed by atoms with E-state index in [9.17, 15) is 0 Å². The molecule has 6 nitrogen and oxygen atoms in total. The molecule has 0 unspecified atom stereocenters. The smallest absolute Gasteiger partial charge is 0.0988 e. The first-order chi connectivity index (χ1) is 31.1. The summed E-state index contributed by atoms with van der Waals surface area (Å²) < 4.78 is 0. The molecule has 9 rings (SSSR count). The molecule has 0 saturated carbocycles. The largest absolute Gasteiger partial charge is 0.395 e. The number of nitrogens with zero attached hydrogens (tertiary/aromatic N) is 2. The van der Waals surface area contributed by atoms with Crippen LogP contribution in [0.3, 0.4) is 0 Å². The number of H-pyrrole nitrogens is 2. The molecule has 334 valence electrons. The zero-order valence-corrected chi connectivity index (χ0v) is 40.8. The molecule has 6 heteroatoms. The molecule has 0 spiro atoms. The number of hydrogen-bond acceptors (Lipinski definition) is 4. The average Bonchev–Trinajstić information content (AvgIpc) is 4.09. The number of nitrogens with two attached hydrogens (primary N) is 2. The van der Waals surface area contributed by atoms with Crippen molar-refractivity contribution in [3.63, 3.8) is 0 Å². The monoisotopic (exact) mass is 869 g/mol. The molecule has 0 atom stereocenters. The summed E-state index contributed by atoms with van der Waals surface area (Å²) in [6.07, 6.45) is 4.31. The van der Waals surface area contributed by atoms with Crippen molar-refractivity contribution in [1.82, 2.24) is 19.9 Å². The van der Waals surface area contributed by atoms with Crippen LogP contribution in [-0.4, -0.2) is 19.9 Å². The van der Waals surface area contributed by atoms with Gasteiger partial charge < -0.3 is 21.4 Å². The molecule has 3 aromatic heterocycles. The van der Waals surface area contributed by atoms with Gasteiger partial charge in [-0.25, -0.2) is 9.97 Å². The summed E-state index contributed by atoms with van der Waals surface area (Å²) in [5.74, 6) is 0. The van der Waals surface area contributed by atoms with Gasteiger partial charge in [-0.3, -0.25) is 0 Å². The van der Waals surface area contributed by atoms with E-state index >= 15 is 0 Å². The molecular formula is C60H64N6. The van der Waals surface area contributed by atoms with Crippen LogP contribution in [-0.2, 0) is 21.7 Å². The van der Waals surface area contributed by atoms with Gasteiger partial charge in [0, 0.05) is 44.3 Å². The zero-order valence-electron chi connectivity index (χ0n) is 40.8. The van der Waals surface area contributed by atoms with E-state index in [1.807, 2.05) is 0 Å². The Balaban J connectivity index is 1.45. The van der Waals surface area contributed by atoms with Crippen molar-refractivity contribution in [2.24, 2.45) is 11.5 Å². The fourth-order valence-corrected chi connectivity index (χ4v) is 9.15. The van der Waals surface area contributed by atoms with Gasteiger partial charge in [0.2, 0.25) is 0 Å². The third-order valence-electron chi connectivity index (χ3n) is 13.3. The minimum absolute atomic E-state index is 0.00302. The molecule has 6 N–H and O–H groups in total. The van der Waals surface area contributed by atoms with E-state index in [2.05, 4.69) is 227 Å². The molecule has 2 aliphatic heterocycles. The molecule has 5 heterocycles. The Morgan fingerprint density at radius 1 is 0.318 bits per heavy atom. The standard InChI is InChI=1S/C60H64N6/c1-57(2,3)39-21-13-35(14-22-39)49-43-29-30-44(63-43)50(36-15-23-40(24-16-36)58(4,5)6)46-32-34-48(65-46)52(38-19-27-42(28-20-38)60(10,11)12)56-54(62)53(61)55(66-56)51(47-33-31-45(49)64-47)37-17-25-41(26-18-37)59(7,8)9/h13-34,64-65H,61-62H2,1-12H3. The predicted octanol–water partition coefficient (Wildman–Crippen LogP) is 15.1. The Morgan fingerprint density at radius 2 is 0.561 bits per heavy atom. The average molecular weight is 869 g/mol. The quantitative estimate of drug-likeness (QED) is 0.141. The minimum Gasteiger partial charge on any atom is -0.395 e. The van der Waals surface area contributed by atoms with E-state index in [1.54, 1.807) is 0 Å². The summed E-state index contributed by atoms with van der Waals surface area (Å²) in [7, 11) is 0. The number of benzene rings is 4. The molecule has 8 bridgehead atoms. The molecule has 0 radical (unpaired) electrons. The topological polar surface area (TPSA) is 109 Å². The van der Waals surface area contributed by atoms with Gasteiger partial charge in [0.25, 0.3) is 0 Å². The number of hydrogen-bond donors (Lipinski definition) is 4. The summed E-state index contributed by atoms with van der Waals surface area (Å²) in [5.41, 5.74) is 34.7. The number of aromatic nitrogens is 4. The molecule has 7 aromatic rings. The minimum atomic E-state index is -0.0231. The van der Waals surface area contributed by atoms with Crippen LogP contribution in [0.5, 0.6) is 0 Å². The lowest BCUT2D eigenvalue weighted by Gasteiger charge is -2.19. The number of rotatable bonds is 4. The molecule has 0 amide bonds. The maximum absolute atomic E-state index is 7.23. The van der Waals surface area contributed by atoms with Crippen LogP contribution < -0.4 is 11.5 Å². The predicted molar refractivity (Wildman–Crippen MR) is 282 cm³/mol. The van der Waals surface area contributed by atoms with E-state index in [0.29, 0.717) is 22.8 Å². The first-order valence-corrected chi connectivity index (χ1v) is 23.2. The van der Waals surface area contributed by atoms with Gasteiger partial charge in [0.15, 0.2) is 0 Å². The molecule has 0 saturated heterocycles. The van der Waals surface area contributed by atoms with Gasteiger partial charge >= 0.3 is 0 Å². The SMILES string of the molecule is CC(C)(C)c1ccc(-c2c3nc(c(-c4ccc(C(C)(C)C)cc4)c4ccc([nH]4)c(-c4ccc(C(C)(C)C)cc4)c4nc(c(-c5ccc(C(C)(C)C)cc5)c5ccc2[nH]5)C(N)=C4N)C=C3)cc1. The third kappa shape index (κ3) is 8.19. The van der Waals surface area contributed by atoms with Crippen LogP contribution >= 0.6 is 0 Å². The lowest BCUT2D eigenvalue weighted by molar-refractivity contribution is 0.590. The number of aromatic amines is 2. The second-order valence-electron chi connectivity index (χ2n) is 22.2. The van der Waals surface area contributed by atoms with Crippen molar-refractivity contribution in [2.75, 3.05) is 0 Å². The Morgan fingerprint density at radius 3 is 0.818 bits per heavy atom. The highest BCUT2D eigenvalue weighted by Crippen LogP contribution is 2.42. The lowest BCUT2D eigenvalue weighted by Crippen LogP contribution is -2.10. The Bertz CT molecular complexity index is 3020. The molecular weight excluding hydrogens is 805 g/mol. The van der Waals surface area contributed by atoms with Crippen LogP contribution in [0.25, 0.3) is 90.1 Å². The fraction of sp³-hybridized carbons (Fsp3) is 0.267. The van der Waals surface area contributed by atoms with E-state index in [4.69, 9.17) is 21.4 Å². The van der Waals surface area contributed by atoms with E-state index in [0.717, 1.165) is 78.0 Å².